The molecule has 4 rings (SSSR count). The second-order valence-electron chi connectivity index (χ2n) is 9.21. The maximum Gasteiger partial charge on any atom is 0.118 e. The van der Waals surface area contributed by atoms with Crippen molar-refractivity contribution in [2.75, 3.05) is 0 Å². The van der Waals surface area contributed by atoms with Gasteiger partial charge in [-0.1, -0.05) is 48.5 Å². The molecule has 0 aromatic heterocycles. The van der Waals surface area contributed by atoms with Crippen molar-refractivity contribution in [2.45, 2.75) is 39.5 Å². The molecule has 174 valence electrons. The predicted molar refractivity (Wildman–Crippen MR) is 135 cm³/mol. The largest absolute Gasteiger partial charge is 0.508 e. The minimum Gasteiger partial charge on any atom is -0.508 e. The molecule has 4 N–H and O–H groups in total. The number of benzene rings is 4. The van der Waals surface area contributed by atoms with Gasteiger partial charge < -0.3 is 20.4 Å². The fourth-order valence-corrected chi connectivity index (χ4v) is 4.70. The van der Waals surface area contributed by atoms with Crippen LogP contribution in [-0.2, 0) is 11.8 Å². The van der Waals surface area contributed by atoms with Crippen molar-refractivity contribution in [1.82, 2.24) is 0 Å². The van der Waals surface area contributed by atoms with Gasteiger partial charge in [-0.2, -0.15) is 0 Å². The van der Waals surface area contributed by atoms with E-state index in [0.717, 1.165) is 44.5 Å². The summed E-state index contributed by atoms with van der Waals surface area (Å²) in [4.78, 5) is 0. The van der Waals surface area contributed by atoms with Crippen LogP contribution in [0.25, 0.3) is 0 Å². The van der Waals surface area contributed by atoms with Crippen molar-refractivity contribution in [3.63, 3.8) is 0 Å². The molecule has 0 saturated heterocycles. The minimum absolute atomic E-state index is 0.224. The molecular formula is C30H30O4. The van der Waals surface area contributed by atoms with Gasteiger partial charge in [0, 0.05) is 5.41 Å². The third-order valence-electron chi connectivity index (χ3n) is 6.80. The van der Waals surface area contributed by atoms with Crippen molar-refractivity contribution in [3.05, 3.63) is 117 Å². The molecule has 0 aliphatic rings. The average Bonchev–Trinajstić information content (AvgIpc) is 2.80. The summed E-state index contributed by atoms with van der Waals surface area (Å²) in [6.07, 6.45) is 0.562. The zero-order chi connectivity index (χ0) is 24.6. The fraction of sp³-hybridized carbons (Fsp3) is 0.200. The highest BCUT2D eigenvalue weighted by atomic mass is 16.3. The van der Waals surface area contributed by atoms with Crippen molar-refractivity contribution >= 4 is 0 Å². The van der Waals surface area contributed by atoms with Crippen LogP contribution in [0.1, 0.15) is 44.5 Å². The van der Waals surface area contributed by atoms with Crippen LogP contribution >= 0.6 is 0 Å². The van der Waals surface area contributed by atoms with E-state index in [1.165, 1.54) is 0 Å². The molecule has 0 unspecified atom stereocenters. The molecule has 0 radical (unpaired) electrons. The Kier molecular flexibility index (Phi) is 6.01. The molecule has 0 heterocycles. The zero-order valence-electron chi connectivity index (χ0n) is 19.9. The molecule has 4 heteroatoms. The first-order valence-electron chi connectivity index (χ1n) is 11.3. The summed E-state index contributed by atoms with van der Waals surface area (Å²) in [5.74, 6) is 0.918. The quantitative estimate of drug-likeness (QED) is 0.266. The smallest absolute Gasteiger partial charge is 0.118 e. The van der Waals surface area contributed by atoms with Gasteiger partial charge in [0.15, 0.2) is 0 Å². The van der Waals surface area contributed by atoms with E-state index in [0.29, 0.717) is 6.42 Å². The van der Waals surface area contributed by atoms with Crippen LogP contribution in [0.4, 0.5) is 0 Å². The number of aryl methyl sites for hydroxylation is 4. The molecule has 0 bridgehead atoms. The molecule has 34 heavy (non-hydrogen) atoms. The van der Waals surface area contributed by atoms with Crippen LogP contribution in [0.2, 0.25) is 0 Å². The fourth-order valence-electron chi connectivity index (χ4n) is 4.70. The molecule has 0 fully saturated rings. The Labute approximate surface area is 200 Å². The molecular weight excluding hydrogens is 424 g/mol. The first-order chi connectivity index (χ1) is 16.1. The number of hydrogen-bond donors (Lipinski definition) is 4. The molecule has 4 aromatic carbocycles. The van der Waals surface area contributed by atoms with E-state index in [4.69, 9.17) is 0 Å². The van der Waals surface area contributed by atoms with E-state index >= 15 is 0 Å². The summed E-state index contributed by atoms with van der Waals surface area (Å²) < 4.78 is 0. The highest BCUT2D eigenvalue weighted by molar-refractivity contribution is 5.57. The monoisotopic (exact) mass is 454 g/mol. The van der Waals surface area contributed by atoms with E-state index in [2.05, 4.69) is 0 Å². The Morgan fingerprint density at radius 3 is 1.12 bits per heavy atom. The lowest BCUT2D eigenvalue weighted by Gasteiger charge is -2.37. The predicted octanol–water partition coefficient (Wildman–Crippen LogP) is 6.32. The van der Waals surface area contributed by atoms with Crippen LogP contribution in [0.5, 0.6) is 23.0 Å². The van der Waals surface area contributed by atoms with Crippen LogP contribution in [0.3, 0.4) is 0 Å². The first kappa shape index (κ1) is 23.2. The normalized spacial score (nSPS) is 11.5. The molecule has 4 nitrogen and oxygen atoms in total. The van der Waals surface area contributed by atoms with E-state index in [1.807, 2.05) is 76.2 Å². The van der Waals surface area contributed by atoms with Gasteiger partial charge in [-0.15, -0.1) is 0 Å². The van der Waals surface area contributed by atoms with Gasteiger partial charge in [-0.3, -0.25) is 0 Å². The lowest BCUT2D eigenvalue weighted by Crippen LogP contribution is -2.32. The maximum absolute atomic E-state index is 10.3. The number of aromatic hydroxyl groups is 4. The summed E-state index contributed by atoms with van der Waals surface area (Å²) in [5, 5.41) is 40.9. The van der Waals surface area contributed by atoms with Gasteiger partial charge in [0.1, 0.15) is 23.0 Å². The molecule has 0 aliphatic heterocycles. The third kappa shape index (κ3) is 4.08. The van der Waals surface area contributed by atoms with Crippen molar-refractivity contribution in [3.8, 4) is 23.0 Å². The summed E-state index contributed by atoms with van der Waals surface area (Å²) >= 11 is 0. The molecule has 0 saturated carbocycles. The average molecular weight is 455 g/mol. The molecule has 0 aliphatic carbocycles. The van der Waals surface area contributed by atoms with Gasteiger partial charge in [0.2, 0.25) is 0 Å². The summed E-state index contributed by atoms with van der Waals surface area (Å²) in [6.45, 7) is 7.50. The first-order valence-corrected chi connectivity index (χ1v) is 11.3. The van der Waals surface area contributed by atoms with Gasteiger partial charge in [0.05, 0.1) is 0 Å². The number of hydrogen-bond acceptors (Lipinski definition) is 4. The Balaban J connectivity index is 2.10. The lowest BCUT2D eigenvalue weighted by molar-refractivity contribution is 0.467. The second kappa shape index (κ2) is 8.79. The zero-order valence-corrected chi connectivity index (χ0v) is 19.9. The van der Waals surface area contributed by atoms with E-state index in [-0.39, 0.29) is 23.0 Å². The molecule has 0 amide bonds. The Bertz CT molecular complexity index is 1250. The van der Waals surface area contributed by atoms with E-state index in [1.54, 1.807) is 24.3 Å². The van der Waals surface area contributed by atoms with Gasteiger partial charge in [0.25, 0.3) is 0 Å². The number of phenols is 4. The Morgan fingerprint density at radius 1 is 0.471 bits per heavy atom. The SMILES string of the molecule is Cc1cc(CC(c2ccc(O)c(C)c2)(c2ccc(O)c(C)c2)c2ccc(O)c(C)c2)ccc1O. The summed E-state index contributed by atoms with van der Waals surface area (Å²) in [5.41, 5.74) is 6.32. The van der Waals surface area contributed by atoms with Crippen molar-refractivity contribution in [1.29, 1.82) is 0 Å². The van der Waals surface area contributed by atoms with Crippen molar-refractivity contribution in [2.24, 2.45) is 0 Å². The van der Waals surface area contributed by atoms with E-state index < -0.39 is 5.41 Å². The van der Waals surface area contributed by atoms with Gasteiger partial charge in [-0.25, -0.2) is 0 Å². The highest BCUT2D eigenvalue weighted by Gasteiger charge is 2.38. The maximum atomic E-state index is 10.3. The van der Waals surface area contributed by atoms with Crippen LogP contribution in [-0.4, -0.2) is 20.4 Å². The molecule has 0 spiro atoms. The summed E-state index contributed by atoms with van der Waals surface area (Å²) in [6, 6.07) is 22.5. The van der Waals surface area contributed by atoms with Crippen molar-refractivity contribution < 1.29 is 20.4 Å². The van der Waals surface area contributed by atoms with Gasteiger partial charge >= 0.3 is 0 Å². The number of phenolic OH excluding ortho intramolecular Hbond substituents is 4. The van der Waals surface area contributed by atoms with Gasteiger partial charge in [-0.05, 0) is 103 Å². The Morgan fingerprint density at radius 2 is 0.794 bits per heavy atom. The van der Waals surface area contributed by atoms with E-state index in [9.17, 15) is 20.4 Å². The topological polar surface area (TPSA) is 80.9 Å². The minimum atomic E-state index is -0.696. The second-order valence-corrected chi connectivity index (χ2v) is 9.21. The third-order valence-corrected chi connectivity index (χ3v) is 6.80. The molecule has 4 aromatic rings. The Hall–Kier alpha value is -3.92. The standard InChI is InChI=1S/C30H30O4/c1-18-13-22(5-9-26(18)31)17-30(23-6-10-27(32)19(2)14-23,24-7-11-28(33)20(3)15-24)25-8-12-29(34)21(4)16-25/h5-16,31-34H,17H2,1-4H3. The highest BCUT2D eigenvalue weighted by Crippen LogP contribution is 2.45. The number of rotatable bonds is 5. The molecule has 0 atom stereocenters. The van der Waals surface area contributed by atoms with Crippen LogP contribution < -0.4 is 0 Å². The van der Waals surface area contributed by atoms with Crippen LogP contribution in [0.15, 0.2) is 72.8 Å². The summed E-state index contributed by atoms with van der Waals surface area (Å²) in [7, 11) is 0. The lowest BCUT2D eigenvalue weighted by atomic mass is 9.65. The van der Waals surface area contributed by atoms with Crippen LogP contribution in [0, 0.1) is 27.7 Å².